The molecule has 0 rings (SSSR count). The fourth-order valence-corrected chi connectivity index (χ4v) is 1.06. The SMILES string of the molecule is C=C(C(=O)O)C(F)(F)F.C=C(C)C(=O)OCC(F)(F)C(F)C(F)(F)F.C=CC(=O)OC(C)(C)C. The monoisotopic (exact) mass is 518 g/mol. The maximum absolute atomic E-state index is 12.5. The molecule has 0 saturated carbocycles. The van der Waals surface area contributed by atoms with Crippen molar-refractivity contribution in [2.45, 2.75) is 57.7 Å². The van der Waals surface area contributed by atoms with E-state index in [-0.39, 0.29) is 11.5 Å². The maximum Gasteiger partial charge on any atom is 0.425 e. The van der Waals surface area contributed by atoms with E-state index in [0.717, 1.165) is 13.0 Å². The Balaban J connectivity index is -0.000000457. The van der Waals surface area contributed by atoms with Crippen LogP contribution in [0, 0.1) is 0 Å². The van der Waals surface area contributed by atoms with Gasteiger partial charge in [-0.05, 0) is 27.7 Å². The van der Waals surface area contributed by atoms with Gasteiger partial charge in [0.15, 0.2) is 6.61 Å². The Morgan fingerprint density at radius 1 is 0.971 bits per heavy atom. The highest BCUT2D eigenvalue weighted by atomic mass is 19.4. The summed E-state index contributed by atoms with van der Waals surface area (Å²) in [6, 6.07) is 0. The van der Waals surface area contributed by atoms with E-state index in [2.05, 4.69) is 24.5 Å². The molecule has 34 heavy (non-hydrogen) atoms. The largest absolute Gasteiger partial charge is 0.478 e. The van der Waals surface area contributed by atoms with Crippen LogP contribution < -0.4 is 0 Å². The van der Waals surface area contributed by atoms with Crippen LogP contribution in [-0.4, -0.2) is 59.7 Å². The third kappa shape index (κ3) is 17.5. The Morgan fingerprint density at radius 3 is 1.56 bits per heavy atom. The lowest BCUT2D eigenvalue weighted by Crippen LogP contribution is -2.45. The summed E-state index contributed by atoms with van der Waals surface area (Å²) in [6.07, 6.45) is -13.7. The summed E-state index contributed by atoms with van der Waals surface area (Å²) in [5.41, 5.74) is -2.42. The Hall–Kier alpha value is -3.00. The highest BCUT2D eigenvalue weighted by molar-refractivity contribution is 5.87. The van der Waals surface area contributed by atoms with Crippen LogP contribution in [0.1, 0.15) is 27.7 Å². The third-order valence-corrected chi connectivity index (χ3v) is 2.58. The molecule has 0 aliphatic heterocycles. The number of carboxylic acid groups (broad SMARTS) is 1. The first-order valence-electron chi connectivity index (χ1n) is 8.55. The van der Waals surface area contributed by atoms with Crippen LogP contribution in [0.25, 0.3) is 0 Å². The lowest BCUT2D eigenvalue weighted by Gasteiger charge is -2.22. The lowest BCUT2D eigenvalue weighted by molar-refractivity contribution is -0.253. The van der Waals surface area contributed by atoms with Gasteiger partial charge in [0, 0.05) is 11.6 Å². The number of esters is 2. The molecule has 0 aromatic carbocycles. The van der Waals surface area contributed by atoms with Gasteiger partial charge >= 0.3 is 36.2 Å². The molecule has 0 aromatic heterocycles. The first kappa shape index (κ1) is 35.6. The molecule has 0 fully saturated rings. The van der Waals surface area contributed by atoms with Gasteiger partial charge in [0.25, 0.3) is 6.17 Å². The molecule has 0 heterocycles. The van der Waals surface area contributed by atoms with Crippen LogP contribution in [0.4, 0.5) is 39.5 Å². The molecule has 15 heteroatoms. The number of aliphatic carboxylic acids is 1. The van der Waals surface area contributed by atoms with Crippen LogP contribution in [0.3, 0.4) is 0 Å². The molecule has 0 aromatic rings. The Kier molecular flexibility index (Phi) is 14.3. The van der Waals surface area contributed by atoms with Gasteiger partial charge < -0.3 is 14.6 Å². The van der Waals surface area contributed by atoms with E-state index in [9.17, 15) is 53.9 Å². The number of rotatable bonds is 6. The van der Waals surface area contributed by atoms with E-state index in [1.807, 2.05) is 20.8 Å². The predicted molar refractivity (Wildman–Crippen MR) is 101 cm³/mol. The molecule has 0 spiro atoms. The molecule has 0 amide bonds. The van der Waals surface area contributed by atoms with E-state index in [1.165, 1.54) is 0 Å². The van der Waals surface area contributed by atoms with Crippen molar-refractivity contribution in [3.63, 3.8) is 0 Å². The second kappa shape index (κ2) is 13.6. The number of carbonyl (C=O) groups is 3. The topological polar surface area (TPSA) is 89.9 Å². The zero-order valence-corrected chi connectivity index (χ0v) is 18.4. The van der Waals surface area contributed by atoms with Crippen LogP contribution in [-0.2, 0) is 23.9 Å². The molecule has 0 radical (unpaired) electrons. The number of alkyl halides is 9. The zero-order valence-electron chi connectivity index (χ0n) is 18.4. The minimum Gasteiger partial charge on any atom is -0.478 e. The molecule has 0 aliphatic carbocycles. The smallest absolute Gasteiger partial charge is 0.425 e. The Morgan fingerprint density at radius 2 is 1.38 bits per heavy atom. The summed E-state index contributed by atoms with van der Waals surface area (Å²) < 4.78 is 114. The normalized spacial score (nSPS) is 12.5. The van der Waals surface area contributed by atoms with Crippen molar-refractivity contribution < 1.29 is 68.5 Å². The lowest BCUT2D eigenvalue weighted by atomic mass is 10.2. The van der Waals surface area contributed by atoms with Crippen molar-refractivity contribution in [1.82, 2.24) is 0 Å². The van der Waals surface area contributed by atoms with Gasteiger partial charge in [-0.1, -0.05) is 19.7 Å². The zero-order chi connectivity index (χ0) is 28.3. The number of carbonyl (C=O) groups excluding carboxylic acids is 2. The van der Waals surface area contributed by atoms with Gasteiger partial charge in [-0.15, -0.1) is 0 Å². The predicted octanol–water partition coefficient (Wildman–Crippen LogP) is 5.35. The molecule has 0 bridgehead atoms. The second-order valence-electron chi connectivity index (χ2n) is 7.04. The Labute approximate surface area is 188 Å². The van der Waals surface area contributed by atoms with Gasteiger partial charge in [-0.2, -0.15) is 35.1 Å². The third-order valence-electron chi connectivity index (χ3n) is 2.58. The summed E-state index contributed by atoms with van der Waals surface area (Å²) >= 11 is 0. The molecule has 0 aliphatic rings. The van der Waals surface area contributed by atoms with Crippen molar-refractivity contribution in [1.29, 1.82) is 0 Å². The van der Waals surface area contributed by atoms with Crippen molar-refractivity contribution in [2.24, 2.45) is 0 Å². The fraction of sp³-hybridized carbons (Fsp3) is 0.526. The average molecular weight is 518 g/mol. The van der Waals surface area contributed by atoms with Gasteiger partial charge in [-0.3, -0.25) is 0 Å². The summed E-state index contributed by atoms with van der Waals surface area (Å²) in [6.45, 7) is 13.1. The molecule has 6 nitrogen and oxygen atoms in total. The molecule has 1 atom stereocenters. The minimum atomic E-state index is -5.71. The summed E-state index contributed by atoms with van der Waals surface area (Å²) in [7, 11) is 0. The van der Waals surface area contributed by atoms with E-state index in [4.69, 9.17) is 9.84 Å². The molecule has 0 saturated heterocycles. The molecule has 1 unspecified atom stereocenters. The minimum absolute atomic E-state index is 0.279. The molecular formula is C19H23F9O6. The molecular weight excluding hydrogens is 495 g/mol. The van der Waals surface area contributed by atoms with Gasteiger partial charge in [0.2, 0.25) is 0 Å². The first-order chi connectivity index (χ1) is 14.8. The van der Waals surface area contributed by atoms with Gasteiger partial charge in [0.1, 0.15) is 11.2 Å². The maximum atomic E-state index is 12.5. The van der Waals surface area contributed by atoms with Crippen LogP contribution in [0.2, 0.25) is 0 Å². The molecule has 198 valence electrons. The standard InChI is InChI=1S/C8H8F6O2.C7H12O2.C4H3F3O2/c1-4(2)5(15)16-3-7(10,11)6(9)8(12,13)14;1-5-6(8)9-7(2,3)4;1-2(3(8)9)4(5,6)7/h6H,1,3H2,2H3;5H,1H2,2-4H3;1H2,(H,8,9). The van der Waals surface area contributed by atoms with E-state index in [0.29, 0.717) is 0 Å². The van der Waals surface area contributed by atoms with Crippen molar-refractivity contribution in [2.75, 3.05) is 6.61 Å². The average Bonchev–Trinajstić information content (AvgIpc) is 2.62. The highest BCUT2D eigenvalue weighted by Crippen LogP contribution is 2.35. The van der Waals surface area contributed by atoms with Crippen LogP contribution in [0.15, 0.2) is 37.0 Å². The van der Waals surface area contributed by atoms with Gasteiger partial charge in [0.05, 0.1) is 0 Å². The quantitative estimate of drug-likeness (QED) is 0.290. The fourth-order valence-electron chi connectivity index (χ4n) is 1.06. The van der Waals surface area contributed by atoms with Crippen LogP contribution in [0.5, 0.6) is 0 Å². The number of hydrogen-bond donors (Lipinski definition) is 1. The Bertz CT molecular complexity index is 745. The van der Waals surface area contributed by atoms with Crippen LogP contribution >= 0.6 is 0 Å². The first-order valence-corrected chi connectivity index (χ1v) is 8.55. The summed E-state index contributed by atoms with van der Waals surface area (Å²) in [4.78, 5) is 30.6. The van der Waals surface area contributed by atoms with E-state index >= 15 is 0 Å². The summed E-state index contributed by atoms with van der Waals surface area (Å²) in [5.74, 6) is -8.54. The number of ether oxygens (including phenoxy) is 2. The number of halogens is 9. The number of carboxylic acids is 1. The van der Waals surface area contributed by atoms with E-state index < -0.39 is 54.2 Å². The van der Waals surface area contributed by atoms with Crippen molar-refractivity contribution >= 4 is 17.9 Å². The van der Waals surface area contributed by atoms with Gasteiger partial charge in [-0.25, -0.2) is 18.8 Å². The molecule has 1 N–H and O–H groups in total. The van der Waals surface area contributed by atoms with Crippen molar-refractivity contribution in [3.05, 3.63) is 37.0 Å². The van der Waals surface area contributed by atoms with Crippen molar-refractivity contribution in [3.8, 4) is 0 Å². The number of hydrogen-bond acceptors (Lipinski definition) is 5. The summed E-state index contributed by atoms with van der Waals surface area (Å²) in [5, 5.41) is 7.70. The second-order valence-corrected chi connectivity index (χ2v) is 7.04. The van der Waals surface area contributed by atoms with E-state index in [1.54, 1.807) is 0 Å². The highest BCUT2D eigenvalue weighted by Gasteiger charge is 2.57.